The van der Waals surface area contributed by atoms with Crippen molar-refractivity contribution in [3.05, 3.63) is 65.3 Å². The van der Waals surface area contributed by atoms with Gasteiger partial charge in [-0.3, -0.25) is 9.89 Å². The number of aromatic nitrogens is 2. The van der Waals surface area contributed by atoms with Crippen LogP contribution in [-0.2, 0) is 9.84 Å². The molecule has 1 amide bonds. The van der Waals surface area contributed by atoms with E-state index in [1.807, 2.05) is 30.3 Å². The first-order chi connectivity index (χ1) is 12.3. The summed E-state index contributed by atoms with van der Waals surface area (Å²) in [4.78, 5) is 12.4. The van der Waals surface area contributed by atoms with Crippen molar-refractivity contribution < 1.29 is 13.2 Å². The van der Waals surface area contributed by atoms with Gasteiger partial charge >= 0.3 is 0 Å². The first kappa shape index (κ1) is 18.0. The van der Waals surface area contributed by atoms with Crippen molar-refractivity contribution in [3.8, 4) is 0 Å². The van der Waals surface area contributed by atoms with Gasteiger partial charge in [-0.25, -0.2) is 8.42 Å². The molecule has 3 aromatic rings. The Morgan fingerprint density at radius 3 is 2.50 bits per heavy atom. The van der Waals surface area contributed by atoms with Gasteiger partial charge < -0.3 is 10.6 Å². The number of sulfone groups is 1. The highest BCUT2D eigenvalue weighted by Gasteiger charge is 2.14. The van der Waals surface area contributed by atoms with E-state index in [0.717, 1.165) is 11.9 Å². The van der Waals surface area contributed by atoms with Gasteiger partial charge in [-0.1, -0.05) is 29.8 Å². The summed E-state index contributed by atoms with van der Waals surface area (Å²) in [6, 6.07) is 15.1. The number of nitrogens with one attached hydrogen (secondary N) is 3. The van der Waals surface area contributed by atoms with E-state index < -0.39 is 15.7 Å². The van der Waals surface area contributed by atoms with Crippen LogP contribution in [0.3, 0.4) is 0 Å². The van der Waals surface area contributed by atoms with Gasteiger partial charge in [0.2, 0.25) is 0 Å². The number of hydrogen-bond acceptors (Lipinski definition) is 5. The van der Waals surface area contributed by atoms with Crippen LogP contribution >= 0.6 is 11.6 Å². The standard InChI is InChI=1S/C17H15ClN4O3S/c1-26(24,25)14-8-11(18)7-13(9-14)20-17(23)15-10-16(22-21-15)19-12-5-3-2-4-6-12/h2-10H,1H3,(H,20,23)(H2,19,21,22). The third-order valence-corrected chi connectivity index (χ3v) is 4.74. The number of H-pyrrole nitrogens is 1. The zero-order valence-corrected chi connectivity index (χ0v) is 15.2. The van der Waals surface area contributed by atoms with Gasteiger partial charge in [0, 0.05) is 28.7 Å². The van der Waals surface area contributed by atoms with Gasteiger partial charge in [0.15, 0.2) is 15.7 Å². The quantitative estimate of drug-likeness (QED) is 0.618. The number of amides is 1. The molecule has 0 saturated carbocycles. The summed E-state index contributed by atoms with van der Waals surface area (Å²) < 4.78 is 23.3. The van der Waals surface area contributed by atoms with Crippen molar-refractivity contribution in [3.63, 3.8) is 0 Å². The summed E-state index contributed by atoms with van der Waals surface area (Å²) in [5.74, 6) is 0.00426. The average molecular weight is 391 g/mol. The van der Waals surface area contributed by atoms with Gasteiger partial charge in [-0.15, -0.1) is 0 Å². The minimum Gasteiger partial charge on any atom is -0.339 e. The number of hydrogen-bond donors (Lipinski definition) is 3. The summed E-state index contributed by atoms with van der Waals surface area (Å²) in [6.45, 7) is 0. The summed E-state index contributed by atoms with van der Waals surface area (Å²) in [7, 11) is -3.44. The Morgan fingerprint density at radius 2 is 1.81 bits per heavy atom. The van der Waals surface area contributed by atoms with Crippen molar-refractivity contribution in [2.24, 2.45) is 0 Å². The molecule has 0 fully saturated rings. The topological polar surface area (TPSA) is 104 Å². The van der Waals surface area contributed by atoms with Crippen LogP contribution < -0.4 is 10.6 Å². The minimum atomic E-state index is -3.44. The van der Waals surface area contributed by atoms with E-state index in [2.05, 4.69) is 20.8 Å². The van der Waals surface area contributed by atoms with Gasteiger partial charge in [-0.05, 0) is 30.3 Å². The van der Waals surface area contributed by atoms with E-state index in [0.29, 0.717) is 5.82 Å². The number of nitrogens with zero attached hydrogens (tertiary/aromatic N) is 1. The molecule has 0 unspecified atom stereocenters. The maximum atomic E-state index is 12.3. The maximum absolute atomic E-state index is 12.3. The zero-order valence-electron chi connectivity index (χ0n) is 13.7. The van der Waals surface area contributed by atoms with Crippen LogP contribution in [0.25, 0.3) is 0 Å². The molecule has 1 aromatic heterocycles. The average Bonchev–Trinajstić information content (AvgIpc) is 3.03. The second-order valence-electron chi connectivity index (χ2n) is 5.56. The second kappa shape index (κ2) is 7.19. The Bertz CT molecular complexity index is 1050. The Hall–Kier alpha value is -2.84. The molecule has 26 heavy (non-hydrogen) atoms. The predicted octanol–water partition coefficient (Wildman–Crippen LogP) is 3.46. The highest BCUT2D eigenvalue weighted by molar-refractivity contribution is 7.90. The number of para-hydroxylation sites is 1. The van der Waals surface area contributed by atoms with Gasteiger partial charge in [-0.2, -0.15) is 5.10 Å². The molecule has 0 bridgehead atoms. The number of carbonyl (C=O) groups excluding carboxylic acids is 1. The number of halogens is 1. The van der Waals surface area contributed by atoms with Crippen LogP contribution in [0, 0.1) is 0 Å². The van der Waals surface area contributed by atoms with Crippen molar-refractivity contribution in [1.29, 1.82) is 0 Å². The summed E-state index contributed by atoms with van der Waals surface area (Å²) in [6.07, 6.45) is 1.07. The normalized spacial score (nSPS) is 11.2. The molecule has 9 heteroatoms. The van der Waals surface area contributed by atoms with Crippen molar-refractivity contribution in [2.45, 2.75) is 4.90 Å². The van der Waals surface area contributed by atoms with E-state index in [1.54, 1.807) is 6.07 Å². The lowest BCUT2D eigenvalue weighted by Gasteiger charge is -2.07. The molecule has 0 radical (unpaired) electrons. The Morgan fingerprint density at radius 1 is 1.08 bits per heavy atom. The van der Waals surface area contributed by atoms with E-state index in [9.17, 15) is 13.2 Å². The molecule has 0 spiro atoms. The van der Waals surface area contributed by atoms with Crippen LogP contribution in [0.5, 0.6) is 0 Å². The Balaban J connectivity index is 1.76. The fraction of sp³-hybridized carbons (Fsp3) is 0.0588. The molecule has 3 N–H and O–H groups in total. The first-order valence-electron chi connectivity index (χ1n) is 7.51. The molecule has 0 saturated heterocycles. The lowest BCUT2D eigenvalue weighted by molar-refractivity contribution is 0.102. The Labute approximate surface area is 155 Å². The number of rotatable bonds is 5. The third kappa shape index (κ3) is 4.41. The van der Waals surface area contributed by atoms with Gasteiger partial charge in [0.05, 0.1) is 4.90 Å². The molecular formula is C17H15ClN4O3S. The Kier molecular flexibility index (Phi) is 4.97. The molecule has 0 atom stereocenters. The second-order valence-corrected chi connectivity index (χ2v) is 8.01. The number of carbonyl (C=O) groups is 1. The third-order valence-electron chi connectivity index (χ3n) is 3.43. The monoisotopic (exact) mass is 390 g/mol. The van der Waals surface area contributed by atoms with E-state index >= 15 is 0 Å². The smallest absolute Gasteiger partial charge is 0.273 e. The van der Waals surface area contributed by atoms with Crippen molar-refractivity contribution >= 4 is 44.5 Å². The maximum Gasteiger partial charge on any atom is 0.273 e. The molecule has 1 heterocycles. The van der Waals surface area contributed by atoms with E-state index in [-0.39, 0.29) is 21.3 Å². The first-order valence-corrected chi connectivity index (χ1v) is 9.78. The molecule has 2 aromatic carbocycles. The molecule has 3 rings (SSSR count). The largest absolute Gasteiger partial charge is 0.339 e. The van der Waals surface area contributed by atoms with Crippen molar-refractivity contribution in [1.82, 2.24) is 10.2 Å². The van der Waals surface area contributed by atoms with Crippen LogP contribution in [0.2, 0.25) is 5.02 Å². The number of aromatic amines is 1. The minimum absolute atomic E-state index is 0.0244. The fourth-order valence-corrected chi connectivity index (χ4v) is 3.20. The molecule has 0 aliphatic heterocycles. The van der Waals surface area contributed by atoms with Crippen LogP contribution in [0.4, 0.5) is 17.2 Å². The predicted molar refractivity (Wildman–Crippen MR) is 101 cm³/mol. The lowest BCUT2D eigenvalue weighted by Crippen LogP contribution is -2.13. The highest BCUT2D eigenvalue weighted by Crippen LogP contribution is 2.23. The summed E-state index contributed by atoms with van der Waals surface area (Å²) >= 11 is 5.93. The van der Waals surface area contributed by atoms with E-state index in [4.69, 9.17) is 11.6 Å². The highest BCUT2D eigenvalue weighted by atomic mass is 35.5. The van der Waals surface area contributed by atoms with Gasteiger partial charge in [0.25, 0.3) is 5.91 Å². The SMILES string of the molecule is CS(=O)(=O)c1cc(Cl)cc(NC(=O)c2cc(Nc3ccccc3)n[nH]2)c1. The van der Waals surface area contributed by atoms with E-state index in [1.165, 1.54) is 18.2 Å². The molecular weight excluding hydrogens is 376 g/mol. The molecule has 0 aliphatic carbocycles. The number of anilines is 3. The van der Waals surface area contributed by atoms with Crippen LogP contribution in [-0.4, -0.2) is 30.8 Å². The van der Waals surface area contributed by atoms with Crippen LogP contribution in [0.15, 0.2) is 59.5 Å². The van der Waals surface area contributed by atoms with Crippen LogP contribution in [0.1, 0.15) is 10.5 Å². The lowest BCUT2D eigenvalue weighted by atomic mass is 10.3. The molecule has 134 valence electrons. The molecule has 7 nitrogen and oxygen atoms in total. The zero-order chi connectivity index (χ0) is 18.7. The summed E-state index contributed by atoms with van der Waals surface area (Å²) in [5, 5.41) is 12.5. The van der Waals surface area contributed by atoms with Crippen molar-refractivity contribution in [2.75, 3.05) is 16.9 Å². The fourth-order valence-electron chi connectivity index (χ4n) is 2.22. The van der Waals surface area contributed by atoms with Gasteiger partial charge in [0.1, 0.15) is 5.69 Å². The molecule has 0 aliphatic rings. The summed E-state index contributed by atoms with van der Waals surface area (Å²) in [5.41, 5.74) is 1.32. The number of benzene rings is 2.